The van der Waals surface area contributed by atoms with Gasteiger partial charge in [0, 0.05) is 45.6 Å². The standard InChI is InChI=1S/C18H30N6O3/c1-18(2,3)27-17(26)24-10-6-9-22-16(19-4)23-12-11-21-15(25)14-7-5-8-20-13-14/h5,7-8,13H,6,9-12H2,1-4H3,(H,21,25)(H,24,26)(H2,19,22,23). The molecule has 0 saturated heterocycles. The highest BCUT2D eigenvalue weighted by Gasteiger charge is 2.15. The molecule has 0 aliphatic heterocycles. The lowest BCUT2D eigenvalue weighted by molar-refractivity contribution is 0.0527. The summed E-state index contributed by atoms with van der Waals surface area (Å²) in [6, 6.07) is 3.43. The highest BCUT2D eigenvalue weighted by Crippen LogP contribution is 2.06. The Hall–Kier alpha value is -2.84. The fourth-order valence-corrected chi connectivity index (χ4v) is 1.98. The van der Waals surface area contributed by atoms with Crippen LogP contribution in [0.1, 0.15) is 37.6 Å². The molecule has 0 aliphatic carbocycles. The Morgan fingerprint density at radius 1 is 1.07 bits per heavy atom. The van der Waals surface area contributed by atoms with Gasteiger partial charge in [0.05, 0.1) is 5.56 Å². The molecule has 0 atom stereocenters. The van der Waals surface area contributed by atoms with Crippen LogP contribution in [-0.4, -0.2) is 61.8 Å². The summed E-state index contributed by atoms with van der Waals surface area (Å²) < 4.78 is 5.16. The smallest absolute Gasteiger partial charge is 0.407 e. The van der Waals surface area contributed by atoms with Gasteiger partial charge in [-0.15, -0.1) is 0 Å². The maximum Gasteiger partial charge on any atom is 0.407 e. The average Bonchev–Trinajstić information content (AvgIpc) is 2.62. The molecule has 9 nitrogen and oxygen atoms in total. The summed E-state index contributed by atoms with van der Waals surface area (Å²) in [7, 11) is 1.67. The Morgan fingerprint density at radius 3 is 2.37 bits per heavy atom. The van der Waals surface area contributed by atoms with E-state index in [4.69, 9.17) is 4.74 Å². The summed E-state index contributed by atoms with van der Waals surface area (Å²) in [5.41, 5.74) is 0.0262. The lowest BCUT2D eigenvalue weighted by Crippen LogP contribution is -2.42. The van der Waals surface area contributed by atoms with E-state index >= 15 is 0 Å². The number of pyridine rings is 1. The zero-order chi connectivity index (χ0) is 20.1. The second-order valence-corrected chi connectivity index (χ2v) is 6.71. The lowest BCUT2D eigenvalue weighted by Gasteiger charge is -2.19. The third-order valence-electron chi connectivity index (χ3n) is 3.16. The largest absolute Gasteiger partial charge is 0.444 e. The summed E-state index contributed by atoms with van der Waals surface area (Å²) in [5, 5.41) is 11.7. The first-order chi connectivity index (χ1) is 12.8. The van der Waals surface area contributed by atoms with Crippen LogP contribution in [0.2, 0.25) is 0 Å². The average molecular weight is 378 g/mol. The number of aliphatic imine (C=N–C) groups is 1. The molecule has 0 aromatic carbocycles. The number of hydrogen-bond acceptors (Lipinski definition) is 5. The fourth-order valence-electron chi connectivity index (χ4n) is 1.98. The molecule has 4 N–H and O–H groups in total. The lowest BCUT2D eigenvalue weighted by atomic mass is 10.2. The van der Waals surface area contributed by atoms with Crippen LogP contribution in [0.3, 0.4) is 0 Å². The first-order valence-electron chi connectivity index (χ1n) is 8.91. The summed E-state index contributed by atoms with van der Waals surface area (Å²) in [4.78, 5) is 31.4. The first kappa shape index (κ1) is 22.2. The van der Waals surface area contributed by atoms with Gasteiger partial charge in [0.25, 0.3) is 5.91 Å². The topological polar surface area (TPSA) is 117 Å². The van der Waals surface area contributed by atoms with E-state index in [9.17, 15) is 9.59 Å². The van der Waals surface area contributed by atoms with E-state index in [1.165, 1.54) is 6.20 Å². The maximum absolute atomic E-state index is 11.9. The van der Waals surface area contributed by atoms with E-state index in [0.29, 0.717) is 37.7 Å². The quantitative estimate of drug-likeness (QED) is 0.303. The predicted molar refractivity (Wildman–Crippen MR) is 105 cm³/mol. The minimum Gasteiger partial charge on any atom is -0.444 e. The van der Waals surface area contributed by atoms with Crippen molar-refractivity contribution in [2.24, 2.45) is 4.99 Å². The molecule has 0 radical (unpaired) electrons. The van der Waals surface area contributed by atoms with Crippen LogP contribution in [0.15, 0.2) is 29.5 Å². The van der Waals surface area contributed by atoms with Gasteiger partial charge in [-0.25, -0.2) is 4.79 Å². The summed E-state index contributed by atoms with van der Waals surface area (Å²) in [6.45, 7) is 7.59. The molecule has 1 aromatic heterocycles. The van der Waals surface area contributed by atoms with Gasteiger partial charge in [-0.2, -0.15) is 0 Å². The van der Waals surface area contributed by atoms with Crippen molar-refractivity contribution < 1.29 is 14.3 Å². The van der Waals surface area contributed by atoms with Gasteiger partial charge in [0.15, 0.2) is 5.96 Å². The van der Waals surface area contributed by atoms with Gasteiger partial charge in [0.1, 0.15) is 5.60 Å². The number of guanidine groups is 1. The van der Waals surface area contributed by atoms with Crippen molar-refractivity contribution in [3.63, 3.8) is 0 Å². The number of carbonyl (C=O) groups excluding carboxylic acids is 2. The van der Waals surface area contributed by atoms with E-state index in [1.54, 1.807) is 25.4 Å². The highest BCUT2D eigenvalue weighted by molar-refractivity contribution is 5.93. The number of ether oxygens (including phenoxy) is 1. The zero-order valence-electron chi connectivity index (χ0n) is 16.5. The molecule has 1 heterocycles. The normalized spacial score (nSPS) is 11.5. The number of alkyl carbamates (subject to hydrolysis) is 1. The van der Waals surface area contributed by atoms with Crippen LogP contribution in [0, 0.1) is 0 Å². The molecular formula is C18H30N6O3. The fraction of sp³-hybridized carbons (Fsp3) is 0.556. The number of nitrogens with one attached hydrogen (secondary N) is 4. The molecule has 0 spiro atoms. The van der Waals surface area contributed by atoms with E-state index < -0.39 is 11.7 Å². The van der Waals surface area contributed by atoms with Crippen molar-refractivity contribution in [1.82, 2.24) is 26.3 Å². The molecule has 2 amide bonds. The number of amides is 2. The van der Waals surface area contributed by atoms with Crippen LogP contribution < -0.4 is 21.3 Å². The van der Waals surface area contributed by atoms with Gasteiger partial charge in [0.2, 0.25) is 0 Å². The van der Waals surface area contributed by atoms with Crippen molar-refractivity contribution in [3.8, 4) is 0 Å². The number of rotatable bonds is 8. The van der Waals surface area contributed by atoms with Crippen molar-refractivity contribution >= 4 is 18.0 Å². The van der Waals surface area contributed by atoms with Gasteiger partial charge in [-0.1, -0.05) is 0 Å². The molecule has 1 rings (SSSR count). The van der Waals surface area contributed by atoms with Crippen LogP contribution in [-0.2, 0) is 4.74 Å². The molecule has 0 fully saturated rings. The Morgan fingerprint density at radius 2 is 1.74 bits per heavy atom. The Bertz CT molecular complexity index is 613. The van der Waals surface area contributed by atoms with Crippen LogP contribution in [0.4, 0.5) is 4.79 Å². The maximum atomic E-state index is 11.9. The molecule has 0 bridgehead atoms. The Balaban J connectivity index is 2.11. The molecule has 1 aromatic rings. The first-order valence-corrected chi connectivity index (χ1v) is 8.91. The third-order valence-corrected chi connectivity index (χ3v) is 3.16. The van der Waals surface area contributed by atoms with Crippen molar-refractivity contribution in [2.45, 2.75) is 32.8 Å². The number of carbonyl (C=O) groups is 2. The predicted octanol–water partition coefficient (Wildman–Crippen LogP) is 0.891. The highest BCUT2D eigenvalue weighted by atomic mass is 16.6. The molecule has 0 unspecified atom stereocenters. The Labute approximate surface area is 160 Å². The van der Waals surface area contributed by atoms with Crippen molar-refractivity contribution in [3.05, 3.63) is 30.1 Å². The van der Waals surface area contributed by atoms with E-state index in [1.807, 2.05) is 20.8 Å². The van der Waals surface area contributed by atoms with Gasteiger partial charge in [-0.3, -0.25) is 14.8 Å². The zero-order valence-corrected chi connectivity index (χ0v) is 16.5. The van der Waals surface area contributed by atoms with Gasteiger partial charge >= 0.3 is 6.09 Å². The minimum absolute atomic E-state index is 0.166. The molecule has 0 aliphatic rings. The van der Waals surface area contributed by atoms with E-state index in [-0.39, 0.29) is 5.91 Å². The summed E-state index contributed by atoms with van der Waals surface area (Å²) in [5.74, 6) is 0.462. The number of aromatic nitrogens is 1. The summed E-state index contributed by atoms with van der Waals surface area (Å²) >= 11 is 0. The third kappa shape index (κ3) is 10.7. The minimum atomic E-state index is -0.499. The van der Waals surface area contributed by atoms with Gasteiger partial charge < -0.3 is 26.0 Å². The molecule has 9 heteroatoms. The second-order valence-electron chi connectivity index (χ2n) is 6.71. The second kappa shape index (κ2) is 11.7. The molecule has 150 valence electrons. The number of hydrogen-bond donors (Lipinski definition) is 4. The van der Waals surface area contributed by atoms with Gasteiger partial charge in [-0.05, 0) is 39.3 Å². The SMILES string of the molecule is CN=C(NCCCNC(=O)OC(C)(C)C)NCCNC(=O)c1cccnc1. The van der Waals surface area contributed by atoms with Crippen LogP contribution >= 0.6 is 0 Å². The Kier molecular flexibility index (Phi) is 9.63. The van der Waals surface area contributed by atoms with Crippen molar-refractivity contribution in [2.75, 3.05) is 33.2 Å². The van der Waals surface area contributed by atoms with E-state index in [0.717, 1.165) is 6.42 Å². The van der Waals surface area contributed by atoms with Crippen LogP contribution in [0.25, 0.3) is 0 Å². The summed E-state index contributed by atoms with van der Waals surface area (Å²) in [6.07, 6.45) is 3.44. The van der Waals surface area contributed by atoms with Crippen molar-refractivity contribution in [1.29, 1.82) is 0 Å². The monoisotopic (exact) mass is 378 g/mol. The number of nitrogens with zero attached hydrogens (tertiary/aromatic N) is 2. The molecule has 0 saturated carbocycles. The van der Waals surface area contributed by atoms with Crippen LogP contribution in [0.5, 0.6) is 0 Å². The molecule has 27 heavy (non-hydrogen) atoms. The molecular weight excluding hydrogens is 348 g/mol. The van der Waals surface area contributed by atoms with E-state index in [2.05, 4.69) is 31.2 Å².